The average molecular weight is 247 g/mol. The van der Waals surface area contributed by atoms with Crippen LogP contribution in [0, 0.1) is 6.92 Å². The molecule has 0 aliphatic rings. The molecular weight excluding hydrogens is 230 g/mol. The van der Waals surface area contributed by atoms with Gasteiger partial charge in [-0.3, -0.25) is 4.79 Å². The first kappa shape index (κ1) is 12.6. The fourth-order valence-electron chi connectivity index (χ4n) is 1.56. The van der Waals surface area contributed by atoms with Gasteiger partial charge in [-0.05, 0) is 32.9 Å². The van der Waals surface area contributed by atoms with E-state index in [1.54, 1.807) is 6.07 Å². The zero-order chi connectivity index (χ0) is 13.3. The van der Waals surface area contributed by atoms with Crippen LogP contribution in [0.1, 0.15) is 30.1 Å². The van der Waals surface area contributed by atoms with Crippen molar-refractivity contribution in [2.75, 3.05) is 6.54 Å². The van der Waals surface area contributed by atoms with E-state index < -0.39 is 5.54 Å². The monoisotopic (exact) mass is 247 g/mol. The van der Waals surface area contributed by atoms with Crippen LogP contribution in [0.4, 0.5) is 0 Å². The molecule has 0 aliphatic carbocycles. The van der Waals surface area contributed by atoms with Gasteiger partial charge in [-0.2, -0.15) is 0 Å². The Morgan fingerprint density at radius 2 is 2.22 bits per heavy atom. The SMILES string of the molecule is Cc1ccc2oc(C(=O)NC(C)(C)CN)cc2n1. The molecule has 0 aromatic carbocycles. The Labute approximate surface area is 105 Å². The molecule has 3 N–H and O–H groups in total. The fraction of sp³-hybridized carbons (Fsp3) is 0.385. The number of pyridine rings is 1. The van der Waals surface area contributed by atoms with E-state index in [0.29, 0.717) is 17.6 Å². The summed E-state index contributed by atoms with van der Waals surface area (Å²) in [5.74, 6) is -0.0225. The summed E-state index contributed by atoms with van der Waals surface area (Å²) in [4.78, 5) is 16.3. The van der Waals surface area contributed by atoms with Crippen molar-refractivity contribution in [2.45, 2.75) is 26.3 Å². The predicted molar refractivity (Wildman–Crippen MR) is 69.3 cm³/mol. The first-order valence-corrected chi connectivity index (χ1v) is 5.81. The maximum atomic E-state index is 12.0. The number of aromatic nitrogens is 1. The van der Waals surface area contributed by atoms with Gasteiger partial charge in [-0.25, -0.2) is 4.98 Å². The maximum absolute atomic E-state index is 12.0. The largest absolute Gasteiger partial charge is 0.449 e. The van der Waals surface area contributed by atoms with Crippen LogP contribution >= 0.6 is 0 Å². The summed E-state index contributed by atoms with van der Waals surface area (Å²) in [5, 5.41) is 2.81. The first-order valence-electron chi connectivity index (χ1n) is 5.81. The molecule has 0 radical (unpaired) electrons. The molecule has 2 heterocycles. The second kappa shape index (κ2) is 4.42. The number of aryl methyl sites for hydroxylation is 1. The van der Waals surface area contributed by atoms with Crippen molar-refractivity contribution in [3.05, 3.63) is 29.7 Å². The van der Waals surface area contributed by atoms with Crippen molar-refractivity contribution in [2.24, 2.45) is 5.73 Å². The van der Waals surface area contributed by atoms with E-state index in [-0.39, 0.29) is 11.7 Å². The second-order valence-corrected chi connectivity index (χ2v) is 4.99. The molecule has 0 saturated carbocycles. The van der Waals surface area contributed by atoms with Gasteiger partial charge >= 0.3 is 0 Å². The summed E-state index contributed by atoms with van der Waals surface area (Å²) in [5.41, 5.74) is 7.29. The molecular formula is C13H17N3O2. The summed E-state index contributed by atoms with van der Waals surface area (Å²) in [6.45, 7) is 5.96. The number of amides is 1. The summed E-state index contributed by atoms with van der Waals surface area (Å²) >= 11 is 0. The Morgan fingerprint density at radius 3 is 2.89 bits per heavy atom. The number of nitrogens with two attached hydrogens (primary N) is 1. The van der Waals surface area contributed by atoms with Crippen LogP contribution in [0.25, 0.3) is 11.1 Å². The van der Waals surface area contributed by atoms with Crippen molar-refractivity contribution < 1.29 is 9.21 Å². The maximum Gasteiger partial charge on any atom is 0.287 e. The van der Waals surface area contributed by atoms with E-state index in [9.17, 15) is 4.79 Å². The molecule has 0 fully saturated rings. The molecule has 0 unspecified atom stereocenters. The molecule has 0 aliphatic heterocycles. The summed E-state index contributed by atoms with van der Waals surface area (Å²) in [6, 6.07) is 5.30. The van der Waals surface area contributed by atoms with Crippen molar-refractivity contribution >= 4 is 17.0 Å². The highest BCUT2D eigenvalue weighted by Gasteiger charge is 2.21. The lowest BCUT2D eigenvalue weighted by molar-refractivity contribution is 0.0889. The predicted octanol–water partition coefficient (Wildman–Crippen LogP) is 1.60. The molecule has 2 aromatic heterocycles. The van der Waals surface area contributed by atoms with Gasteiger partial charge in [0.15, 0.2) is 11.3 Å². The van der Waals surface area contributed by atoms with E-state index in [2.05, 4.69) is 10.3 Å². The number of nitrogens with one attached hydrogen (secondary N) is 1. The quantitative estimate of drug-likeness (QED) is 0.863. The molecule has 2 aromatic rings. The molecule has 0 bridgehead atoms. The normalized spacial score (nSPS) is 11.8. The van der Waals surface area contributed by atoms with Gasteiger partial charge in [0.25, 0.3) is 5.91 Å². The topological polar surface area (TPSA) is 81.2 Å². The third-order valence-corrected chi connectivity index (χ3v) is 2.70. The van der Waals surface area contributed by atoms with Gasteiger partial charge in [-0.15, -0.1) is 0 Å². The van der Waals surface area contributed by atoms with E-state index >= 15 is 0 Å². The van der Waals surface area contributed by atoms with Crippen LogP contribution in [0.3, 0.4) is 0 Å². The van der Waals surface area contributed by atoms with Crippen LogP contribution in [0.5, 0.6) is 0 Å². The Hall–Kier alpha value is -1.88. The number of fused-ring (bicyclic) bond motifs is 1. The summed E-state index contributed by atoms with van der Waals surface area (Å²) < 4.78 is 5.46. The third kappa shape index (κ3) is 2.51. The lowest BCUT2D eigenvalue weighted by Gasteiger charge is -2.23. The van der Waals surface area contributed by atoms with Gasteiger partial charge in [0.1, 0.15) is 5.52 Å². The minimum atomic E-state index is -0.459. The standard InChI is InChI=1S/C13H17N3O2/c1-8-4-5-10-9(15-8)6-11(18-10)12(17)16-13(2,3)7-14/h4-6H,7,14H2,1-3H3,(H,16,17). The first-order chi connectivity index (χ1) is 8.41. The summed E-state index contributed by atoms with van der Waals surface area (Å²) in [6.07, 6.45) is 0. The molecule has 0 spiro atoms. The van der Waals surface area contributed by atoms with E-state index in [0.717, 1.165) is 5.69 Å². The van der Waals surface area contributed by atoms with Gasteiger partial charge in [0.05, 0.1) is 0 Å². The lowest BCUT2D eigenvalue weighted by Crippen LogP contribution is -2.48. The molecule has 18 heavy (non-hydrogen) atoms. The van der Waals surface area contributed by atoms with Crippen molar-refractivity contribution in [1.29, 1.82) is 0 Å². The molecule has 5 heteroatoms. The number of furan rings is 1. The smallest absolute Gasteiger partial charge is 0.287 e. The van der Waals surface area contributed by atoms with Crippen LogP contribution in [-0.2, 0) is 0 Å². The van der Waals surface area contributed by atoms with Crippen LogP contribution in [0.15, 0.2) is 22.6 Å². The number of hydrogen-bond donors (Lipinski definition) is 2. The second-order valence-electron chi connectivity index (χ2n) is 4.99. The van der Waals surface area contributed by atoms with Gasteiger partial charge in [0, 0.05) is 23.8 Å². The Balaban J connectivity index is 2.28. The lowest BCUT2D eigenvalue weighted by atomic mass is 10.1. The molecule has 1 amide bonds. The number of rotatable bonds is 3. The third-order valence-electron chi connectivity index (χ3n) is 2.70. The van der Waals surface area contributed by atoms with E-state index in [4.69, 9.17) is 10.2 Å². The van der Waals surface area contributed by atoms with Crippen molar-refractivity contribution in [3.8, 4) is 0 Å². The fourth-order valence-corrected chi connectivity index (χ4v) is 1.56. The zero-order valence-corrected chi connectivity index (χ0v) is 10.8. The zero-order valence-electron chi connectivity index (χ0n) is 10.8. The van der Waals surface area contributed by atoms with Crippen LogP contribution < -0.4 is 11.1 Å². The molecule has 0 saturated heterocycles. The molecule has 5 nitrogen and oxygen atoms in total. The van der Waals surface area contributed by atoms with Crippen molar-refractivity contribution in [3.63, 3.8) is 0 Å². The van der Waals surface area contributed by atoms with Gasteiger partial charge in [-0.1, -0.05) is 0 Å². The molecule has 2 rings (SSSR count). The van der Waals surface area contributed by atoms with Crippen molar-refractivity contribution in [1.82, 2.24) is 10.3 Å². The van der Waals surface area contributed by atoms with Crippen LogP contribution in [-0.4, -0.2) is 23.0 Å². The summed E-state index contributed by atoms with van der Waals surface area (Å²) in [7, 11) is 0. The minimum absolute atomic E-state index is 0.254. The Morgan fingerprint density at radius 1 is 1.50 bits per heavy atom. The van der Waals surface area contributed by atoms with Crippen LogP contribution in [0.2, 0.25) is 0 Å². The number of carbonyl (C=O) groups is 1. The highest BCUT2D eigenvalue weighted by atomic mass is 16.3. The Kier molecular flexibility index (Phi) is 3.09. The highest BCUT2D eigenvalue weighted by molar-refractivity contribution is 5.95. The minimum Gasteiger partial charge on any atom is -0.449 e. The highest BCUT2D eigenvalue weighted by Crippen LogP contribution is 2.18. The molecule has 96 valence electrons. The number of hydrogen-bond acceptors (Lipinski definition) is 4. The molecule has 0 atom stereocenters. The average Bonchev–Trinajstić information content (AvgIpc) is 2.71. The van der Waals surface area contributed by atoms with Gasteiger partial charge in [0.2, 0.25) is 0 Å². The number of nitrogens with zero attached hydrogens (tertiary/aromatic N) is 1. The van der Waals surface area contributed by atoms with Gasteiger partial charge < -0.3 is 15.5 Å². The van der Waals surface area contributed by atoms with E-state index in [1.807, 2.05) is 32.9 Å². The van der Waals surface area contributed by atoms with E-state index in [1.165, 1.54) is 0 Å². The number of carbonyl (C=O) groups excluding carboxylic acids is 1. The Bertz CT molecular complexity index is 587.